The van der Waals surface area contributed by atoms with E-state index in [4.69, 9.17) is 14.7 Å². The van der Waals surface area contributed by atoms with Gasteiger partial charge < -0.3 is 14.7 Å². The van der Waals surface area contributed by atoms with E-state index in [2.05, 4.69) is 0 Å². The fraction of sp³-hybridized carbons (Fsp3) is 1.00. The Morgan fingerprint density at radius 2 is 1.17 bits per heavy atom. The second-order valence-electron chi connectivity index (χ2n) is 0.771. The summed E-state index contributed by atoms with van der Waals surface area (Å²) in [7, 11) is -4.14. The van der Waals surface area contributed by atoms with E-state index in [0.717, 1.165) is 0 Å². The van der Waals surface area contributed by atoms with Gasteiger partial charge in [0.25, 0.3) is 0 Å². The molecule has 0 radical (unpaired) electrons. The van der Waals surface area contributed by atoms with E-state index in [1.54, 1.807) is 0 Å². The van der Waals surface area contributed by atoms with Gasteiger partial charge >= 0.3 is 17.4 Å². The molecule has 6 heavy (non-hydrogen) atoms. The van der Waals surface area contributed by atoms with Crippen LogP contribution in [0.2, 0.25) is 0 Å². The predicted molar refractivity (Wildman–Crippen MR) is 18.6 cm³/mol. The topological polar surface area (TPSA) is 69.2 Å². The number of hydrogen-bond acceptors (Lipinski definition) is 3. The van der Waals surface area contributed by atoms with Gasteiger partial charge in [-0.2, -0.15) is 7.94 Å². The zero-order valence-electron chi connectivity index (χ0n) is 3.25. The van der Waals surface area contributed by atoms with Crippen molar-refractivity contribution in [2.75, 3.05) is 6.66 Å². The van der Waals surface area contributed by atoms with Gasteiger partial charge in [0.05, 0.1) is 0 Å². The standard InChI is InChI=1S/CH5O3P.Al/c1-5(2,3)4;/h1H3,(H2,2,3,4);/q;+3/p-2. The predicted octanol–water partition coefficient (Wildman–Crippen LogP) is -2.92. The monoisotopic (exact) mass is 121 g/mol. The molecular formula is CH3AlO3P+. The first kappa shape index (κ1) is 9.96. The molecule has 0 aromatic heterocycles. The Hall–Kier alpha value is 0.842. The quantitative estimate of drug-likeness (QED) is 0.254. The minimum atomic E-state index is -4.14. The summed E-state index contributed by atoms with van der Waals surface area (Å²) in [5.74, 6) is 0. The molecule has 0 fully saturated rings. The van der Waals surface area contributed by atoms with Gasteiger partial charge in [0, 0.05) is 6.66 Å². The second-order valence-corrected chi connectivity index (χ2v) is 2.31. The van der Waals surface area contributed by atoms with Crippen LogP contribution in [0.4, 0.5) is 0 Å². The molecule has 0 rings (SSSR count). The molecule has 0 atom stereocenters. The van der Waals surface area contributed by atoms with Crippen molar-refractivity contribution in [2.24, 2.45) is 0 Å². The smallest absolute Gasteiger partial charge is 0.688 e. The molecule has 0 saturated carbocycles. The van der Waals surface area contributed by atoms with Gasteiger partial charge in [-0.25, -0.2) is 0 Å². The molecule has 3 nitrogen and oxygen atoms in total. The van der Waals surface area contributed by atoms with Gasteiger partial charge in [0.1, 0.15) is 0 Å². The molecule has 0 aromatic carbocycles. The molecule has 0 saturated heterocycles. The molecule has 0 amide bonds. The maximum Gasteiger partial charge on any atom is 3.00 e. The summed E-state index contributed by atoms with van der Waals surface area (Å²) in [6.45, 7) is 0.632. The molecule has 0 aromatic rings. The van der Waals surface area contributed by atoms with Crippen LogP contribution >= 0.6 is 7.94 Å². The van der Waals surface area contributed by atoms with Crippen LogP contribution in [0.1, 0.15) is 0 Å². The minimum absolute atomic E-state index is 0. The van der Waals surface area contributed by atoms with Gasteiger partial charge in [-0.15, -0.1) is 0 Å². The van der Waals surface area contributed by atoms with E-state index < -0.39 is 7.94 Å². The third-order valence-corrected chi connectivity index (χ3v) is 0. The average molecular weight is 121 g/mol. The van der Waals surface area contributed by atoms with Crippen LogP contribution in [0.25, 0.3) is 0 Å². The van der Waals surface area contributed by atoms with Crippen molar-refractivity contribution in [2.45, 2.75) is 0 Å². The Morgan fingerprint density at radius 3 is 1.17 bits per heavy atom. The van der Waals surface area contributed by atoms with Crippen LogP contribution in [0.5, 0.6) is 0 Å². The van der Waals surface area contributed by atoms with E-state index in [9.17, 15) is 0 Å². The summed E-state index contributed by atoms with van der Waals surface area (Å²) >= 11 is 0. The molecule has 0 aliphatic carbocycles. The van der Waals surface area contributed by atoms with E-state index in [1.807, 2.05) is 0 Å². The van der Waals surface area contributed by atoms with Crippen LogP contribution in [0.3, 0.4) is 0 Å². The molecule has 0 N–H and O–H groups in total. The average Bonchev–Trinajstić information content (AvgIpc) is 0.722. The zero-order valence-corrected chi connectivity index (χ0v) is 5.30. The van der Waals surface area contributed by atoms with Gasteiger partial charge in [-0.1, -0.05) is 0 Å². The Morgan fingerprint density at radius 1 is 1.17 bits per heavy atom. The van der Waals surface area contributed by atoms with Crippen molar-refractivity contribution in [3.8, 4) is 0 Å². The van der Waals surface area contributed by atoms with E-state index in [-0.39, 0.29) is 17.4 Å². The summed E-state index contributed by atoms with van der Waals surface area (Å²) in [6.07, 6.45) is 0. The fourth-order valence-electron chi connectivity index (χ4n) is 0. The van der Waals surface area contributed by atoms with Gasteiger partial charge in [-0.3, -0.25) is 0 Å². The van der Waals surface area contributed by atoms with Crippen LogP contribution in [0.15, 0.2) is 0 Å². The maximum atomic E-state index is 9.10. The SMILES string of the molecule is C[P+]([O-])([O-])[O-].[Al+3]. The molecule has 32 valence electrons. The Balaban J connectivity index is 0. The molecule has 0 heterocycles. The number of hydrogen-bond donors (Lipinski definition) is 0. The molecule has 5 heteroatoms. The van der Waals surface area contributed by atoms with E-state index in [0.29, 0.717) is 6.66 Å². The molecule has 0 aliphatic rings. The largest absolute Gasteiger partial charge is 3.00 e. The zero-order chi connectivity index (χ0) is 4.50. The van der Waals surface area contributed by atoms with E-state index >= 15 is 0 Å². The summed E-state index contributed by atoms with van der Waals surface area (Å²) in [4.78, 5) is 27.3. The van der Waals surface area contributed by atoms with Crippen molar-refractivity contribution in [1.29, 1.82) is 0 Å². The van der Waals surface area contributed by atoms with E-state index in [1.165, 1.54) is 0 Å². The first-order chi connectivity index (χ1) is 2.00. The third-order valence-electron chi connectivity index (χ3n) is 0. The van der Waals surface area contributed by atoms with Crippen LogP contribution in [0, 0.1) is 0 Å². The van der Waals surface area contributed by atoms with Crippen molar-refractivity contribution in [3.05, 3.63) is 0 Å². The van der Waals surface area contributed by atoms with Crippen molar-refractivity contribution < 1.29 is 14.7 Å². The molecular weight excluding hydrogens is 118 g/mol. The second kappa shape index (κ2) is 2.93. The van der Waals surface area contributed by atoms with Crippen molar-refractivity contribution in [3.63, 3.8) is 0 Å². The summed E-state index contributed by atoms with van der Waals surface area (Å²) in [5, 5.41) is 0. The van der Waals surface area contributed by atoms with Crippen LogP contribution < -0.4 is 14.7 Å². The number of rotatable bonds is 0. The van der Waals surface area contributed by atoms with Crippen molar-refractivity contribution >= 4 is 25.3 Å². The summed E-state index contributed by atoms with van der Waals surface area (Å²) < 4.78 is 0. The van der Waals surface area contributed by atoms with Crippen molar-refractivity contribution in [1.82, 2.24) is 0 Å². The molecule has 0 unspecified atom stereocenters. The maximum absolute atomic E-state index is 9.10. The van der Waals surface area contributed by atoms with Crippen LogP contribution in [-0.2, 0) is 0 Å². The summed E-state index contributed by atoms with van der Waals surface area (Å²) in [6, 6.07) is 0. The van der Waals surface area contributed by atoms with Gasteiger partial charge in [-0.05, 0) is 0 Å². The minimum Gasteiger partial charge on any atom is -0.688 e. The Bertz CT molecular complexity index is 26.3. The Labute approximate surface area is 47.3 Å². The van der Waals surface area contributed by atoms with Crippen LogP contribution in [-0.4, -0.2) is 24.0 Å². The Kier molecular flexibility index (Phi) is 4.86. The van der Waals surface area contributed by atoms with Gasteiger partial charge in [0.2, 0.25) is 0 Å². The molecule has 0 spiro atoms. The summed E-state index contributed by atoms with van der Waals surface area (Å²) in [5.41, 5.74) is 0. The first-order valence-electron chi connectivity index (χ1n) is 0.995. The fourth-order valence-corrected chi connectivity index (χ4v) is 0. The molecule has 0 aliphatic heterocycles. The molecule has 0 bridgehead atoms. The third kappa shape index (κ3) is 101. The first-order valence-corrected chi connectivity index (χ1v) is 2.98. The van der Waals surface area contributed by atoms with Gasteiger partial charge in [0.15, 0.2) is 0 Å². The normalized spacial score (nSPS) is 10.0.